The van der Waals surface area contributed by atoms with E-state index in [0.29, 0.717) is 17.0 Å². The number of esters is 1. The number of hydrogen-bond donors (Lipinski definition) is 3. The van der Waals surface area contributed by atoms with Crippen LogP contribution in [0.4, 0.5) is 5.69 Å². The monoisotopic (exact) mass is 525 g/mol. The van der Waals surface area contributed by atoms with Crippen molar-refractivity contribution < 1.29 is 28.7 Å². The predicted molar refractivity (Wildman–Crippen MR) is 146 cm³/mol. The number of fused-ring (bicyclic) bond motifs is 1. The molecule has 0 aliphatic heterocycles. The van der Waals surface area contributed by atoms with Crippen molar-refractivity contribution in [2.24, 2.45) is 0 Å². The highest BCUT2D eigenvalue weighted by molar-refractivity contribution is 5.95. The topological polar surface area (TPSA) is 123 Å². The Hall–Kier alpha value is -5.18. The first-order valence-corrected chi connectivity index (χ1v) is 12.3. The standard InChI is InChI=1S/C30H27N3O6/c34-27(14-7-15-29(36)38-20-28(35)32-33-30(37)22-9-2-1-3-10-22)31-23-16-18-24(19-17-23)39-26-13-6-11-21-8-4-5-12-25(21)26/h1-6,8-13,16-19H,7,14-15,20H2,(H,31,34)(H,32,35)(H,33,37). The summed E-state index contributed by atoms with van der Waals surface area (Å²) in [6, 6.07) is 29.1. The molecule has 0 aliphatic carbocycles. The van der Waals surface area contributed by atoms with Crippen molar-refractivity contribution in [3.63, 3.8) is 0 Å². The fourth-order valence-corrected chi connectivity index (χ4v) is 3.68. The van der Waals surface area contributed by atoms with Gasteiger partial charge in [0.05, 0.1) is 0 Å². The highest BCUT2D eigenvalue weighted by atomic mass is 16.5. The van der Waals surface area contributed by atoms with E-state index in [1.54, 1.807) is 54.6 Å². The SMILES string of the molecule is O=C(COC(=O)CCCC(=O)Nc1ccc(Oc2cccc3ccccc23)cc1)NNC(=O)c1ccccc1. The van der Waals surface area contributed by atoms with E-state index in [9.17, 15) is 19.2 Å². The maximum absolute atomic E-state index is 12.2. The van der Waals surface area contributed by atoms with Crippen LogP contribution in [-0.2, 0) is 19.1 Å². The van der Waals surface area contributed by atoms with E-state index in [1.165, 1.54) is 0 Å². The van der Waals surface area contributed by atoms with Gasteiger partial charge >= 0.3 is 5.97 Å². The van der Waals surface area contributed by atoms with Crippen molar-refractivity contribution in [3.8, 4) is 11.5 Å². The molecule has 9 heteroatoms. The van der Waals surface area contributed by atoms with Gasteiger partial charge in [0, 0.05) is 29.5 Å². The lowest BCUT2D eigenvalue weighted by atomic mass is 10.1. The van der Waals surface area contributed by atoms with Gasteiger partial charge in [-0.05, 0) is 54.3 Å². The van der Waals surface area contributed by atoms with Crippen molar-refractivity contribution in [1.82, 2.24) is 10.9 Å². The molecule has 0 unspecified atom stereocenters. The van der Waals surface area contributed by atoms with Gasteiger partial charge in [0.1, 0.15) is 11.5 Å². The predicted octanol–water partition coefficient (Wildman–Crippen LogP) is 4.75. The number of rotatable bonds is 10. The van der Waals surface area contributed by atoms with Crippen molar-refractivity contribution in [1.29, 1.82) is 0 Å². The van der Waals surface area contributed by atoms with Crippen LogP contribution in [0.2, 0.25) is 0 Å². The average molecular weight is 526 g/mol. The molecule has 3 amide bonds. The third-order valence-corrected chi connectivity index (χ3v) is 5.62. The summed E-state index contributed by atoms with van der Waals surface area (Å²) in [7, 11) is 0. The number of carbonyl (C=O) groups is 4. The van der Waals surface area contributed by atoms with Crippen molar-refractivity contribution in [2.45, 2.75) is 19.3 Å². The second-order valence-electron chi connectivity index (χ2n) is 8.53. The molecule has 4 aromatic carbocycles. The molecular weight excluding hydrogens is 498 g/mol. The van der Waals surface area contributed by atoms with Crippen LogP contribution in [0.15, 0.2) is 97.1 Å². The highest BCUT2D eigenvalue weighted by Crippen LogP contribution is 2.30. The van der Waals surface area contributed by atoms with Crippen molar-refractivity contribution in [3.05, 3.63) is 103 Å². The van der Waals surface area contributed by atoms with Gasteiger partial charge in [-0.1, -0.05) is 54.6 Å². The molecule has 0 saturated heterocycles. The normalized spacial score (nSPS) is 10.4. The summed E-state index contributed by atoms with van der Waals surface area (Å²) < 4.78 is 10.9. The Morgan fingerprint density at radius 1 is 0.667 bits per heavy atom. The van der Waals surface area contributed by atoms with Crippen molar-refractivity contribution in [2.75, 3.05) is 11.9 Å². The molecule has 0 aliphatic rings. The molecule has 0 heterocycles. The number of hydrazine groups is 1. The number of carbonyl (C=O) groups excluding carboxylic acids is 4. The lowest BCUT2D eigenvalue weighted by molar-refractivity contribution is -0.148. The molecule has 9 nitrogen and oxygen atoms in total. The Kier molecular flexibility index (Phi) is 9.22. The van der Waals surface area contributed by atoms with Gasteiger partial charge < -0.3 is 14.8 Å². The highest BCUT2D eigenvalue weighted by Gasteiger charge is 2.11. The fraction of sp³-hybridized carbons (Fsp3) is 0.133. The van der Waals surface area contributed by atoms with Crippen LogP contribution in [0, 0.1) is 0 Å². The maximum atomic E-state index is 12.2. The van der Waals surface area contributed by atoms with Gasteiger partial charge in [0.2, 0.25) is 5.91 Å². The molecule has 0 saturated carbocycles. The molecule has 39 heavy (non-hydrogen) atoms. The quantitative estimate of drug-likeness (QED) is 0.203. The number of ether oxygens (including phenoxy) is 2. The third kappa shape index (κ3) is 8.16. The van der Waals surface area contributed by atoms with E-state index in [0.717, 1.165) is 16.5 Å². The van der Waals surface area contributed by atoms with Crippen LogP contribution in [0.5, 0.6) is 11.5 Å². The van der Waals surface area contributed by atoms with Crippen LogP contribution < -0.4 is 20.9 Å². The Labute approximate surface area is 225 Å². The van der Waals surface area contributed by atoms with Gasteiger partial charge in [0.25, 0.3) is 11.8 Å². The molecule has 0 atom stereocenters. The molecular formula is C30H27N3O6. The van der Waals surface area contributed by atoms with Gasteiger partial charge in [-0.3, -0.25) is 30.0 Å². The number of anilines is 1. The summed E-state index contributed by atoms with van der Waals surface area (Å²) in [6.07, 6.45) is 0.316. The first-order chi connectivity index (χ1) is 19.0. The van der Waals surface area contributed by atoms with Crippen LogP contribution in [-0.4, -0.2) is 30.3 Å². The second kappa shape index (κ2) is 13.4. The number of benzene rings is 4. The van der Waals surface area contributed by atoms with Gasteiger partial charge in [-0.2, -0.15) is 0 Å². The van der Waals surface area contributed by atoms with E-state index >= 15 is 0 Å². The Morgan fingerprint density at radius 3 is 2.18 bits per heavy atom. The Balaban J connectivity index is 1.13. The molecule has 0 radical (unpaired) electrons. The fourth-order valence-electron chi connectivity index (χ4n) is 3.68. The third-order valence-electron chi connectivity index (χ3n) is 5.62. The smallest absolute Gasteiger partial charge is 0.306 e. The van der Waals surface area contributed by atoms with Crippen LogP contribution in [0.3, 0.4) is 0 Å². The minimum Gasteiger partial charge on any atom is -0.457 e. The first-order valence-electron chi connectivity index (χ1n) is 12.3. The minimum atomic E-state index is -0.682. The summed E-state index contributed by atoms with van der Waals surface area (Å²) >= 11 is 0. The molecule has 4 rings (SSSR count). The van der Waals surface area contributed by atoms with Gasteiger partial charge in [-0.25, -0.2) is 0 Å². The van der Waals surface area contributed by atoms with Crippen LogP contribution >= 0.6 is 0 Å². The van der Waals surface area contributed by atoms with Crippen LogP contribution in [0.1, 0.15) is 29.6 Å². The molecule has 0 fully saturated rings. The summed E-state index contributed by atoms with van der Waals surface area (Å²) in [4.78, 5) is 47.8. The summed E-state index contributed by atoms with van der Waals surface area (Å²) in [5.74, 6) is -0.678. The molecule has 4 aromatic rings. The van der Waals surface area contributed by atoms with E-state index in [4.69, 9.17) is 9.47 Å². The first kappa shape index (κ1) is 26.9. The van der Waals surface area contributed by atoms with Crippen LogP contribution in [0.25, 0.3) is 10.8 Å². The Morgan fingerprint density at radius 2 is 1.38 bits per heavy atom. The van der Waals surface area contributed by atoms with E-state index in [1.807, 2.05) is 42.5 Å². The van der Waals surface area contributed by atoms with E-state index in [2.05, 4.69) is 16.2 Å². The van der Waals surface area contributed by atoms with E-state index in [-0.39, 0.29) is 25.2 Å². The van der Waals surface area contributed by atoms with E-state index < -0.39 is 24.4 Å². The van der Waals surface area contributed by atoms with Crippen molar-refractivity contribution >= 4 is 40.2 Å². The zero-order chi connectivity index (χ0) is 27.5. The lowest BCUT2D eigenvalue weighted by Crippen LogP contribution is -2.43. The molecule has 3 N–H and O–H groups in total. The zero-order valence-electron chi connectivity index (χ0n) is 21.0. The molecule has 0 bridgehead atoms. The molecule has 198 valence electrons. The minimum absolute atomic E-state index is 0.0329. The summed E-state index contributed by atoms with van der Waals surface area (Å²) in [5, 5.41) is 4.86. The number of nitrogens with one attached hydrogen (secondary N) is 3. The molecule has 0 spiro atoms. The lowest BCUT2D eigenvalue weighted by Gasteiger charge is -2.10. The zero-order valence-corrected chi connectivity index (χ0v) is 21.0. The molecule has 0 aromatic heterocycles. The summed E-state index contributed by atoms with van der Waals surface area (Å²) in [5.41, 5.74) is 5.38. The second-order valence-corrected chi connectivity index (χ2v) is 8.53. The average Bonchev–Trinajstić information content (AvgIpc) is 2.96. The number of hydrogen-bond acceptors (Lipinski definition) is 6. The largest absolute Gasteiger partial charge is 0.457 e. The van der Waals surface area contributed by atoms with Gasteiger partial charge in [0.15, 0.2) is 6.61 Å². The number of amides is 3. The Bertz CT molecular complexity index is 1450. The maximum Gasteiger partial charge on any atom is 0.306 e. The summed E-state index contributed by atoms with van der Waals surface area (Å²) in [6.45, 7) is -0.548. The van der Waals surface area contributed by atoms with Gasteiger partial charge in [-0.15, -0.1) is 0 Å².